The second kappa shape index (κ2) is 20.0. The number of allylic oxidation sites excluding steroid dienone is 1. The van der Waals surface area contributed by atoms with Crippen molar-refractivity contribution in [2.75, 3.05) is 6.54 Å². The molecule has 0 spiro atoms. The van der Waals surface area contributed by atoms with Gasteiger partial charge in [-0.1, -0.05) is 36.4 Å². The number of halogens is 7. The first-order valence-corrected chi connectivity index (χ1v) is 19.9. The van der Waals surface area contributed by atoms with Crippen molar-refractivity contribution >= 4 is 18.0 Å². The summed E-state index contributed by atoms with van der Waals surface area (Å²) in [6.07, 6.45) is 7.08. The van der Waals surface area contributed by atoms with Crippen LogP contribution in [-0.4, -0.2) is 6.54 Å². The smallest absolute Gasteiger partial charge is 0.123 e. The molecule has 0 radical (unpaired) electrons. The molecule has 2 N–H and O–H groups in total. The van der Waals surface area contributed by atoms with Crippen LogP contribution in [0, 0.1) is 57.6 Å². The van der Waals surface area contributed by atoms with Gasteiger partial charge in [-0.15, -0.1) is 12.4 Å². The minimum Gasteiger partial charge on any atom is -0.330 e. The van der Waals surface area contributed by atoms with Crippen molar-refractivity contribution in [2.24, 2.45) is 5.73 Å². The van der Waals surface area contributed by atoms with Crippen LogP contribution in [0.3, 0.4) is 0 Å². The van der Waals surface area contributed by atoms with Crippen LogP contribution in [0.15, 0.2) is 115 Å². The van der Waals surface area contributed by atoms with Crippen LogP contribution in [0.5, 0.6) is 0 Å². The zero-order valence-corrected chi connectivity index (χ0v) is 34.0. The first kappa shape index (κ1) is 44.4. The number of benzene rings is 6. The molecule has 0 heterocycles. The van der Waals surface area contributed by atoms with E-state index in [9.17, 15) is 26.3 Å². The summed E-state index contributed by atoms with van der Waals surface area (Å²) in [5, 5.41) is 18.0. The van der Waals surface area contributed by atoms with E-state index in [0.29, 0.717) is 29.7 Å². The average Bonchev–Trinajstić information content (AvgIpc) is 3.55. The van der Waals surface area contributed by atoms with E-state index in [0.717, 1.165) is 94.2 Å². The number of rotatable bonds is 3. The van der Waals surface area contributed by atoms with Crippen molar-refractivity contribution in [3.8, 4) is 12.1 Å². The lowest BCUT2D eigenvalue weighted by Crippen LogP contribution is -2.11. The quantitative estimate of drug-likeness (QED) is 0.142. The number of fused-ring (bicyclic) bond motifs is 6. The van der Waals surface area contributed by atoms with Crippen LogP contribution in [-0.2, 0) is 38.5 Å². The zero-order valence-electron chi connectivity index (χ0n) is 33.1. The summed E-state index contributed by atoms with van der Waals surface area (Å²) in [5.41, 5.74) is 17.5. The van der Waals surface area contributed by atoms with Crippen molar-refractivity contribution in [3.05, 3.63) is 217 Å². The third kappa shape index (κ3) is 10.1. The fraction of sp³-hybridized carbons (Fsp3) is 0.216. The van der Waals surface area contributed by atoms with E-state index in [4.69, 9.17) is 16.3 Å². The Kier molecular flexibility index (Phi) is 14.5. The molecule has 0 aliphatic heterocycles. The summed E-state index contributed by atoms with van der Waals surface area (Å²) in [7, 11) is 0. The van der Waals surface area contributed by atoms with E-state index >= 15 is 0 Å². The van der Waals surface area contributed by atoms with Gasteiger partial charge in [0.25, 0.3) is 0 Å². The third-order valence-corrected chi connectivity index (χ3v) is 11.6. The molecule has 0 fully saturated rings. The lowest BCUT2D eigenvalue weighted by molar-refractivity contribution is 0.613. The van der Waals surface area contributed by atoms with Gasteiger partial charge in [-0.3, -0.25) is 0 Å². The number of aryl methyl sites for hydroxylation is 6. The predicted molar refractivity (Wildman–Crippen MR) is 228 cm³/mol. The monoisotopic (exact) mass is 845 g/mol. The Morgan fingerprint density at radius 3 is 1.11 bits per heavy atom. The molecule has 0 unspecified atom stereocenters. The molecule has 61 heavy (non-hydrogen) atoms. The van der Waals surface area contributed by atoms with Crippen LogP contribution in [0.25, 0.3) is 5.57 Å². The van der Waals surface area contributed by atoms with E-state index < -0.39 is 0 Å². The maximum atomic E-state index is 13.6. The normalized spacial score (nSPS) is 13.6. The van der Waals surface area contributed by atoms with Crippen molar-refractivity contribution in [3.63, 3.8) is 0 Å². The number of hydrogen-bond donors (Lipinski definition) is 1. The van der Waals surface area contributed by atoms with Gasteiger partial charge >= 0.3 is 0 Å². The zero-order chi connectivity index (χ0) is 42.3. The second-order valence-corrected chi connectivity index (χ2v) is 15.2. The molecule has 0 bridgehead atoms. The van der Waals surface area contributed by atoms with Crippen LogP contribution in [0.4, 0.5) is 26.3 Å². The molecule has 0 atom stereocenters. The van der Waals surface area contributed by atoms with Gasteiger partial charge in [0.2, 0.25) is 0 Å². The van der Waals surface area contributed by atoms with E-state index in [1.54, 1.807) is 36.4 Å². The first-order chi connectivity index (χ1) is 29.1. The highest BCUT2D eigenvalue weighted by Gasteiger charge is 2.26. The Morgan fingerprint density at radius 1 is 0.475 bits per heavy atom. The number of nitrogens with zero attached hydrogens (tertiary/aromatic N) is 2. The summed E-state index contributed by atoms with van der Waals surface area (Å²) in [5.74, 6) is -2.09. The van der Waals surface area contributed by atoms with Crippen LogP contribution < -0.4 is 5.73 Å². The minimum atomic E-state index is -0.354. The number of hydrogen-bond acceptors (Lipinski definition) is 3. The molecule has 0 saturated carbocycles. The molecule has 9 rings (SSSR count). The fourth-order valence-electron chi connectivity index (χ4n) is 8.80. The fourth-order valence-corrected chi connectivity index (χ4v) is 8.80. The molecule has 3 aliphatic rings. The standard InChI is InChI=1S/C17H17F2N.C17H13F2N.C17H11F2N.ClH/c3*18-13-5-3-11-1-2-12-4-6-14(19)10-17(12)15(7-8-20)16(11)9-13;/h3-6,9-10,15H,1-2,7-8,20H2;3-6,9-10,15H,1-2,7H2;3-7,9-10H,1-2H2;1H. The van der Waals surface area contributed by atoms with Crippen molar-refractivity contribution in [1.29, 1.82) is 10.5 Å². The highest BCUT2D eigenvalue weighted by molar-refractivity contribution is 5.85. The second-order valence-electron chi connectivity index (χ2n) is 15.2. The van der Waals surface area contributed by atoms with Gasteiger partial charge < -0.3 is 5.73 Å². The minimum absolute atomic E-state index is 0. The Bertz CT molecular complexity index is 2520. The average molecular weight is 846 g/mol. The molecular weight excluding hydrogens is 804 g/mol. The molecular formula is C51H42ClF6N3. The van der Waals surface area contributed by atoms with Gasteiger partial charge in [-0.2, -0.15) is 10.5 Å². The summed E-state index contributed by atoms with van der Waals surface area (Å²) in [4.78, 5) is 0. The van der Waals surface area contributed by atoms with Gasteiger partial charge in [0.05, 0.1) is 12.1 Å². The first-order valence-electron chi connectivity index (χ1n) is 19.9. The molecule has 0 aromatic heterocycles. The molecule has 6 aromatic carbocycles. The molecule has 310 valence electrons. The molecule has 0 amide bonds. The molecule has 0 saturated heterocycles. The predicted octanol–water partition coefficient (Wildman–Crippen LogP) is 12.1. The third-order valence-electron chi connectivity index (χ3n) is 11.6. The van der Waals surface area contributed by atoms with Crippen molar-refractivity contribution in [1.82, 2.24) is 0 Å². The van der Waals surface area contributed by atoms with Crippen LogP contribution >= 0.6 is 12.4 Å². The van der Waals surface area contributed by atoms with Gasteiger partial charge in [0.15, 0.2) is 0 Å². The lowest BCUT2D eigenvalue weighted by atomic mass is 9.85. The Hall–Kier alpha value is -6.13. The maximum absolute atomic E-state index is 13.6. The van der Waals surface area contributed by atoms with Gasteiger partial charge in [-0.05, 0) is 191 Å². The van der Waals surface area contributed by atoms with Gasteiger partial charge in [0, 0.05) is 29.9 Å². The van der Waals surface area contributed by atoms with E-state index in [-0.39, 0.29) is 65.6 Å². The molecule has 3 nitrogen and oxygen atoms in total. The topological polar surface area (TPSA) is 73.6 Å². The van der Waals surface area contributed by atoms with E-state index in [2.05, 4.69) is 6.07 Å². The van der Waals surface area contributed by atoms with Crippen molar-refractivity contribution < 1.29 is 26.3 Å². The van der Waals surface area contributed by atoms with E-state index in [1.807, 2.05) is 18.2 Å². The van der Waals surface area contributed by atoms with Crippen LogP contribution in [0.2, 0.25) is 0 Å². The van der Waals surface area contributed by atoms with Crippen LogP contribution in [0.1, 0.15) is 91.4 Å². The highest BCUT2D eigenvalue weighted by atomic mass is 35.5. The Balaban J connectivity index is 0.000000152. The lowest BCUT2D eigenvalue weighted by Gasteiger charge is -2.20. The number of nitrogens with two attached hydrogens (primary N) is 1. The summed E-state index contributed by atoms with van der Waals surface area (Å²) >= 11 is 0. The van der Waals surface area contributed by atoms with E-state index in [1.165, 1.54) is 66.7 Å². The summed E-state index contributed by atoms with van der Waals surface area (Å²) in [6.45, 7) is 0.497. The van der Waals surface area contributed by atoms with Gasteiger partial charge in [-0.25, -0.2) is 26.3 Å². The molecule has 3 aliphatic carbocycles. The van der Waals surface area contributed by atoms with Crippen molar-refractivity contribution in [2.45, 2.75) is 63.2 Å². The van der Waals surface area contributed by atoms with Gasteiger partial charge in [0.1, 0.15) is 34.9 Å². The highest BCUT2D eigenvalue weighted by Crippen LogP contribution is 2.39. The SMILES string of the molecule is Cl.N#CC=C1c2cc(F)ccc2CCc2ccc(F)cc21.N#CCC1c2cc(F)ccc2CCc2ccc(F)cc21.NCCC1c2cc(F)ccc2CCc2ccc(F)cc21. The molecule has 6 aromatic rings. The summed E-state index contributed by atoms with van der Waals surface area (Å²) in [6, 6.07) is 32.5. The Labute approximate surface area is 358 Å². The molecule has 10 heteroatoms. The Morgan fingerprint density at radius 2 is 0.787 bits per heavy atom. The maximum Gasteiger partial charge on any atom is 0.123 e. The number of nitriles is 2. The summed E-state index contributed by atoms with van der Waals surface area (Å²) < 4.78 is 81.3. The largest absolute Gasteiger partial charge is 0.330 e.